The number of nitro groups is 1. The molecule has 0 spiro atoms. The maximum absolute atomic E-state index is 11.9. The molecule has 17 heavy (non-hydrogen) atoms. The molecule has 10 heteroatoms. The van der Waals surface area contributed by atoms with Crippen LogP contribution in [0.1, 0.15) is 0 Å². The predicted molar refractivity (Wildman–Crippen MR) is 47.0 cm³/mol. The minimum Gasteiger partial charge on any atom is -0.491 e. The zero-order valence-electron chi connectivity index (χ0n) is 8.20. The lowest BCUT2D eigenvalue weighted by molar-refractivity contribution is -0.390. The van der Waals surface area contributed by atoms with E-state index in [0.717, 1.165) is 13.3 Å². The van der Waals surface area contributed by atoms with Gasteiger partial charge in [0.15, 0.2) is 5.75 Å². The summed E-state index contributed by atoms with van der Waals surface area (Å²) in [5.41, 5.74) is -2.68. The third-order valence-corrected chi connectivity index (χ3v) is 1.61. The minimum absolute atomic E-state index is 0.494. The van der Waals surface area contributed by atoms with Crippen LogP contribution in [0.2, 0.25) is 0 Å². The highest BCUT2D eigenvalue weighted by Crippen LogP contribution is 2.28. The summed E-state index contributed by atoms with van der Waals surface area (Å²) in [5, 5.41) is 10.5. The quantitative estimate of drug-likeness (QED) is 0.645. The fourth-order valence-corrected chi connectivity index (χ4v) is 0.996. The Kier molecular flexibility index (Phi) is 3.25. The van der Waals surface area contributed by atoms with Gasteiger partial charge in [-0.3, -0.25) is 14.9 Å². The maximum Gasteiger partial charge on any atom is 0.574 e. The van der Waals surface area contributed by atoms with E-state index in [9.17, 15) is 28.1 Å². The number of aromatic nitrogens is 1. The number of H-pyrrole nitrogens is 1. The third-order valence-electron chi connectivity index (χ3n) is 1.61. The molecule has 7 nitrogen and oxygen atoms in total. The number of halogens is 3. The highest BCUT2D eigenvalue weighted by atomic mass is 19.4. The first kappa shape index (κ1) is 12.8. The van der Waals surface area contributed by atoms with Gasteiger partial charge in [-0.05, 0) is 0 Å². The average Bonchev–Trinajstić information content (AvgIpc) is 2.14. The number of aromatic amines is 1. The van der Waals surface area contributed by atoms with Crippen LogP contribution in [0.15, 0.2) is 11.0 Å². The largest absolute Gasteiger partial charge is 0.574 e. The van der Waals surface area contributed by atoms with E-state index in [4.69, 9.17) is 0 Å². The molecule has 1 heterocycles. The second-order valence-corrected chi connectivity index (χ2v) is 2.67. The van der Waals surface area contributed by atoms with Crippen molar-refractivity contribution in [3.63, 3.8) is 0 Å². The molecule has 0 radical (unpaired) electrons. The zero-order valence-corrected chi connectivity index (χ0v) is 8.20. The molecule has 94 valence electrons. The molecule has 0 atom stereocenters. The SMILES string of the molecule is COc1c[nH]c(OC(F)(F)F)c([N+](=O)[O-])c1=O. The monoisotopic (exact) mass is 254 g/mol. The molecule has 1 N–H and O–H groups in total. The average molecular weight is 254 g/mol. The highest BCUT2D eigenvalue weighted by molar-refractivity contribution is 5.45. The summed E-state index contributed by atoms with van der Waals surface area (Å²) in [5.74, 6) is -1.79. The standard InChI is InChI=1S/C7H5F3N2O5/c1-16-3-2-11-6(17-7(8,9)10)4(5(3)13)12(14)15/h2H,1H3,(H,11,13). The number of nitrogens with one attached hydrogen (secondary N) is 1. The Morgan fingerprint density at radius 2 is 2.06 bits per heavy atom. The van der Waals surface area contributed by atoms with Gasteiger partial charge < -0.3 is 14.5 Å². The van der Waals surface area contributed by atoms with Crippen molar-refractivity contribution >= 4 is 5.69 Å². The number of pyridine rings is 1. The van der Waals surface area contributed by atoms with Crippen molar-refractivity contribution in [2.75, 3.05) is 7.11 Å². The van der Waals surface area contributed by atoms with Gasteiger partial charge in [0, 0.05) is 0 Å². The van der Waals surface area contributed by atoms with Gasteiger partial charge in [0.05, 0.1) is 18.2 Å². The molecule has 0 aliphatic carbocycles. The van der Waals surface area contributed by atoms with Crippen LogP contribution in [0.5, 0.6) is 11.6 Å². The van der Waals surface area contributed by atoms with E-state index in [1.807, 2.05) is 4.98 Å². The fourth-order valence-electron chi connectivity index (χ4n) is 0.996. The molecule has 0 saturated heterocycles. The number of hydrogen-bond donors (Lipinski definition) is 1. The first-order valence-electron chi connectivity index (χ1n) is 3.96. The normalized spacial score (nSPS) is 11.1. The smallest absolute Gasteiger partial charge is 0.491 e. The molecule has 0 aliphatic heterocycles. The topological polar surface area (TPSA) is 94.5 Å². The van der Waals surface area contributed by atoms with Crippen LogP contribution in [0, 0.1) is 10.1 Å². The summed E-state index contributed by atoms with van der Waals surface area (Å²) in [6, 6.07) is 0. The maximum atomic E-state index is 11.9. The lowest BCUT2D eigenvalue weighted by Crippen LogP contribution is -2.21. The Balaban J connectivity index is 3.37. The van der Waals surface area contributed by atoms with Crippen LogP contribution in [0.4, 0.5) is 18.9 Å². The highest BCUT2D eigenvalue weighted by Gasteiger charge is 2.36. The van der Waals surface area contributed by atoms with Gasteiger partial charge in [0.1, 0.15) is 0 Å². The molecule has 1 rings (SSSR count). The van der Waals surface area contributed by atoms with Gasteiger partial charge in [-0.25, -0.2) is 0 Å². The van der Waals surface area contributed by atoms with Crippen molar-refractivity contribution in [3.8, 4) is 11.6 Å². The van der Waals surface area contributed by atoms with Crippen LogP contribution in [0.3, 0.4) is 0 Å². The van der Waals surface area contributed by atoms with Crippen molar-refractivity contribution in [2.24, 2.45) is 0 Å². The molecule has 0 bridgehead atoms. The number of rotatable bonds is 3. The van der Waals surface area contributed by atoms with Gasteiger partial charge in [0.2, 0.25) is 0 Å². The van der Waals surface area contributed by atoms with Gasteiger partial charge in [-0.1, -0.05) is 0 Å². The van der Waals surface area contributed by atoms with Crippen molar-refractivity contribution in [1.82, 2.24) is 4.98 Å². The number of alkyl halides is 3. The van der Waals surface area contributed by atoms with E-state index >= 15 is 0 Å². The molecule has 0 amide bonds. The Morgan fingerprint density at radius 1 is 1.47 bits per heavy atom. The van der Waals surface area contributed by atoms with E-state index in [2.05, 4.69) is 9.47 Å². The summed E-state index contributed by atoms with van der Waals surface area (Å²) in [6.45, 7) is 0. The van der Waals surface area contributed by atoms with E-state index in [0.29, 0.717) is 0 Å². The zero-order chi connectivity index (χ0) is 13.2. The molecule has 0 aromatic carbocycles. The number of methoxy groups -OCH3 is 1. The number of hydrogen-bond acceptors (Lipinski definition) is 5. The molecule has 0 fully saturated rings. The van der Waals surface area contributed by atoms with E-state index in [1.54, 1.807) is 0 Å². The molecular formula is C7H5F3N2O5. The summed E-state index contributed by atoms with van der Waals surface area (Å²) in [7, 11) is 1.04. The van der Waals surface area contributed by atoms with E-state index in [1.165, 1.54) is 0 Å². The summed E-state index contributed by atoms with van der Waals surface area (Å²) < 4.78 is 43.5. The van der Waals surface area contributed by atoms with E-state index in [-0.39, 0.29) is 0 Å². The number of ether oxygens (including phenoxy) is 2. The molecule has 0 aliphatic rings. The Hall–Kier alpha value is -2.26. The minimum atomic E-state index is -5.15. The summed E-state index contributed by atoms with van der Waals surface area (Å²) >= 11 is 0. The number of nitrogens with zero attached hydrogens (tertiary/aromatic N) is 1. The molecule has 0 unspecified atom stereocenters. The van der Waals surface area contributed by atoms with Gasteiger partial charge in [0.25, 0.3) is 5.88 Å². The third kappa shape index (κ3) is 2.86. The Labute approximate surface area is 90.9 Å². The summed E-state index contributed by atoms with van der Waals surface area (Å²) in [6.07, 6.45) is -4.42. The van der Waals surface area contributed by atoms with Crippen LogP contribution in [0.25, 0.3) is 0 Å². The van der Waals surface area contributed by atoms with Gasteiger partial charge >= 0.3 is 17.5 Å². The molecule has 1 aromatic heterocycles. The van der Waals surface area contributed by atoms with Crippen LogP contribution in [-0.2, 0) is 0 Å². The molecule has 0 saturated carbocycles. The lowest BCUT2D eigenvalue weighted by Gasteiger charge is -2.08. The first-order chi connectivity index (χ1) is 7.76. The summed E-state index contributed by atoms with van der Waals surface area (Å²) in [4.78, 5) is 22.3. The van der Waals surface area contributed by atoms with Crippen LogP contribution in [-0.4, -0.2) is 23.4 Å². The van der Waals surface area contributed by atoms with Crippen molar-refractivity contribution in [1.29, 1.82) is 0 Å². The molecule has 1 aromatic rings. The first-order valence-corrected chi connectivity index (χ1v) is 3.96. The Bertz CT molecular complexity index is 495. The predicted octanol–water partition coefficient (Wildman–Crippen LogP) is 1.19. The second-order valence-electron chi connectivity index (χ2n) is 2.67. The van der Waals surface area contributed by atoms with Crippen LogP contribution < -0.4 is 14.9 Å². The van der Waals surface area contributed by atoms with Crippen LogP contribution >= 0.6 is 0 Å². The Morgan fingerprint density at radius 3 is 2.47 bits per heavy atom. The van der Waals surface area contributed by atoms with E-state index < -0.39 is 34.0 Å². The van der Waals surface area contributed by atoms with Crippen molar-refractivity contribution < 1.29 is 27.6 Å². The second kappa shape index (κ2) is 4.31. The fraction of sp³-hybridized carbons (Fsp3) is 0.286. The lowest BCUT2D eigenvalue weighted by atomic mass is 10.4. The van der Waals surface area contributed by atoms with Gasteiger partial charge in [-0.2, -0.15) is 0 Å². The van der Waals surface area contributed by atoms with Crippen molar-refractivity contribution in [2.45, 2.75) is 6.36 Å². The van der Waals surface area contributed by atoms with Gasteiger partial charge in [-0.15, -0.1) is 13.2 Å². The van der Waals surface area contributed by atoms with Crippen molar-refractivity contribution in [3.05, 3.63) is 26.5 Å². The molecular weight excluding hydrogens is 249 g/mol.